The summed E-state index contributed by atoms with van der Waals surface area (Å²) >= 11 is 0. The van der Waals surface area contributed by atoms with Crippen LogP contribution in [0.15, 0.2) is 24.3 Å². The van der Waals surface area contributed by atoms with Crippen molar-refractivity contribution in [1.82, 2.24) is 10.6 Å². The molecule has 2 amide bonds. The van der Waals surface area contributed by atoms with Crippen LogP contribution in [-0.2, 0) is 11.3 Å². The van der Waals surface area contributed by atoms with Gasteiger partial charge in [-0.1, -0.05) is 18.6 Å². The average Bonchev–Trinajstić information content (AvgIpc) is 2.93. The highest BCUT2D eigenvalue weighted by atomic mass is 16.5. The van der Waals surface area contributed by atoms with E-state index in [0.29, 0.717) is 19.4 Å². The van der Waals surface area contributed by atoms with E-state index in [4.69, 9.17) is 9.84 Å². The van der Waals surface area contributed by atoms with Crippen molar-refractivity contribution in [1.29, 1.82) is 0 Å². The monoisotopic (exact) mass is 292 g/mol. The predicted molar refractivity (Wildman–Crippen MR) is 77.1 cm³/mol. The Morgan fingerprint density at radius 1 is 1.38 bits per heavy atom. The molecule has 1 aromatic carbocycles. The summed E-state index contributed by atoms with van der Waals surface area (Å²) in [6.07, 6.45) is 2.16. The molecule has 6 nitrogen and oxygen atoms in total. The summed E-state index contributed by atoms with van der Waals surface area (Å²) < 4.78 is 5.12. The summed E-state index contributed by atoms with van der Waals surface area (Å²) in [6.45, 7) is 0.369. The van der Waals surface area contributed by atoms with Crippen LogP contribution in [0.1, 0.15) is 24.8 Å². The number of carboxylic acid groups (broad SMARTS) is 1. The molecule has 3 N–H and O–H groups in total. The second-order valence-electron chi connectivity index (χ2n) is 5.16. The minimum Gasteiger partial charge on any atom is -0.497 e. The number of benzene rings is 1. The molecule has 1 aromatic rings. The van der Waals surface area contributed by atoms with Gasteiger partial charge in [-0.3, -0.25) is 4.79 Å². The number of amides is 2. The molecule has 6 heteroatoms. The smallest absolute Gasteiger partial charge is 0.315 e. The van der Waals surface area contributed by atoms with Crippen molar-refractivity contribution in [2.75, 3.05) is 7.11 Å². The van der Waals surface area contributed by atoms with Crippen molar-refractivity contribution in [2.24, 2.45) is 5.92 Å². The molecule has 114 valence electrons. The zero-order valence-corrected chi connectivity index (χ0v) is 12.0. The third-order valence-electron chi connectivity index (χ3n) is 3.74. The van der Waals surface area contributed by atoms with Gasteiger partial charge in [-0.05, 0) is 30.5 Å². The summed E-state index contributed by atoms with van der Waals surface area (Å²) in [4.78, 5) is 22.9. The standard InChI is InChI=1S/C15H20N2O4/c1-21-11-5-2-4-10(8-11)9-16-15(20)17-13-7-3-6-12(13)14(18)19/h2,4-5,8,12-13H,3,6-7,9H2,1H3,(H,18,19)(H2,16,17,20). The van der Waals surface area contributed by atoms with Gasteiger partial charge >= 0.3 is 12.0 Å². The number of carboxylic acids is 1. The van der Waals surface area contributed by atoms with Crippen molar-refractivity contribution < 1.29 is 19.4 Å². The second-order valence-corrected chi connectivity index (χ2v) is 5.16. The SMILES string of the molecule is COc1cccc(CNC(=O)NC2CCCC2C(=O)O)c1. The fourth-order valence-corrected chi connectivity index (χ4v) is 2.61. The van der Waals surface area contributed by atoms with Crippen LogP contribution in [0.5, 0.6) is 5.75 Å². The predicted octanol–water partition coefficient (Wildman–Crippen LogP) is 1.75. The van der Waals surface area contributed by atoms with Crippen LogP contribution in [0.4, 0.5) is 4.79 Å². The van der Waals surface area contributed by atoms with Crippen LogP contribution in [0, 0.1) is 5.92 Å². The number of carbonyl (C=O) groups excluding carboxylic acids is 1. The van der Waals surface area contributed by atoms with Gasteiger partial charge in [0.1, 0.15) is 5.75 Å². The van der Waals surface area contributed by atoms with Crippen molar-refractivity contribution in [3.8, 4) is 5.75 Å². The Bertz CT molecular complexity index is 518. The van der Waals surface area contributed by atoms with Gasteiger partial charge in [0.15, 0.2) is 0 Å². The lowest BCUT2D eigenvalue weighted by Crippen LogP contribution is -2.45. The average molecular weight is 292 g/mol. The maximum absolute atomic E-state index is 11.8. The summed E-state index contributed by atoms with van der Waals surface area (Å²) in [5, 5.41) is 14.6. The normalized spacial score (nSPS) is 20.8. The molecule has 1 aliphatic carbocycles. The summed E-state index contributed by atoms with van der Waals surface area (Å²) in [5.74, 6) is -0.588. The molecule has 0 bridgehead atoms. The van der Waals surface area contributed by atoms with Gasteiger partial charge in [-0.15, -0.1) is 0 Å². The number of hydrogen-bond acceptors (Lipinski definition) is 3. The fraction of sp³-hybridized carbons (Fsp3) is 0.467. The highest BCUT2D eigenvalue weighted by molar-refractivity contribution is 5.77. The Balaban J connectivity index is 1.83. The number of ether oxygens (including phenoxy) is 1. The molecule has 0 saturated heterocycles. The molecule has 0 heterocycles. The maximum Gasteiger partial charge on any atom is 0.315 e. The molecule has 1 saturated carbocycles. The first kappa shape index (κ1) is 15.2. The van der Waals surface area contributed by atoms with E-state index in [1.165, 1.54) is 0 Å². The minimum absolute atomic E-state index is 0.284. The zero-order chi connectivity index (χ0) is 15.2. The van der Waals surface area contributed by atoms with E-state index >= 15 is 0 Å². The summed E-state index contributed by atoms with van der Waals surface area (Å²) in [7, 11) is 1.59. The van der Waals surface area contributed by atoms with E-state index < -0.39 is 11.9 Å². The Labute approximate surface area is 123 Å². The number of hydrogen-bond donors (Lipinski definition) is 3. The van der Waals surface area contributed by atoms with Crippen LogP contribution in [-0.4, -0.2) is 30.3 Å². The number of rotatable bonds is 5. The van der Waals surface area contributed by atoms with Gasteiger partial charge in [0.2, 0.25) is 0 Å². The summed E-state index contributed by atoms with van der Waals surface area (Å²) in [6, 6.07) is 6.79. The van der Waals surface area contributed by atoms with Crippen molar-refractivity contribution in [2.45, 2.75) is 31.8 Å². The molecule has 0 aromatic heterocycles. The molecule has 0 spiro atoms. The topological polar surface area (TPSA) is 87.7 Å². The highest BCUT2D eigenvalue weighted by Crippen LogP contribution is 2.25. The maximum atomic E-state index is 11.8. The minimum atomic E-state index is -0.842. The van der Waals surface area contributed by atoms with Crippen LogP contribution in [0.2, 0.25) is 0 Å². The first-order valence-corrected chi connectivity index (χ1v) is 7.00. The van der Waals surface area contributed by atoms with Crippen LogP contribution < -0.4 is 15.4 Å². The lowest BCUT2D eigenvalue weighted by atomic mass is 10.0. The van der Waals surface area contributed by atoms with Gasteiger partial charge in [-0.25, -0.2) is 4.79 Å². The number of nitrogens with one attached hydrogen (secondary N) is 2. The molecule has 0 aliphatic heterocycles. The van der Waals surface area contributed by atoms with Crippen molar-refractivity contribution in [3.05, 3.63) is 29.8 Å². The largest absolute Gasteiger partial charge is 0.497 e. The van der Waals surface area contributed by atoms with Crippen molar-refractivity contribution >= 4 is 12.0 Å². The fourth-order valence-electron chi connectivity index (χ4n) is 2.61. The van der Waals surface area contributed by atoms with Gasteiger partial charge in [0.05, 0.1) is 13.0 Å². The molecule has 21 heavy (non-hydrogen) atoms. The number of methoxy groups -OCH3 is 1. The third kappa shape index (κ3) is 4.11. The van der Waals surface area contributed by atoms with Crippen LogP contribution >= 0.6 is 0 Å². The number of urea groups is 1. The lowest BCUT2D eigenvalue weighted by molar-refractivity contribution is -0.142. The zero-order valence-electron chi connectivity index (χ0n) is 12.0. The van der Waals surface area contributed by atoms with Gasteiger partial charge < -0.3 is 20.5 Å². The molecule has 1 fully saturated rings. The molecular weight excluding hydrogens is 272 g/mol. The molecular formula is C15H20N2O4. The lowest BCUT2D eigenvalue weighted by Gasteiger charge is -2.18. The molecule has 0 radical (unpaired) electrons. The third-order valence-corrected chi connectivity index (χ3v) is 3.74. The van der Waals surface area contributed by atoms with E-state index in [1.54, 1.807) is 7.11 Å². The van der Waals surface area contributed by atoms with E-state index in [-0.39, 0.29) is 12.1 Å². The Hall–Kier alpha value is -2.24. The first-order valence-electron chi connectivity index (χ1n) is 7.00. The van der Waals surface area contributed by atoms with E-state index in [1.807, 2.05) is 24.3 Å². The molecule has 2 atom stereocenters. The quantitative estimate of drug-likeness (QED) is 0.771. The van der Waals surface area contributed by atoms with Crippen molar-refractivity contribution in [3.63, 3.8) is 0 Å². The van der Waals surface area contributed by atoms with E-state index in [2.05, 4.69) is 10.6 Å². The number of aliphatic carboxylic acids is 1. The number of carbonyl (C=O) groups is 2. The van der Waals surface area contributed by atoms with Crippen LogP contribution in [0.25, 0.3) is 0 Å². The Kier molecular flexibility index (Phi) is 5.03. The Morgan fingerprint density at radius 3 is 2.90 bits per heavy atom. The second kappa shape index (κ2) is 6.97. The molecule has 2 rings (SSSR count). The Morgan fingerprint density at radius 2 is 2.19 bits per heavy atom. The highest BCUT2D eigenvalue weighted by Gasteiger charge is 2.33. The first-order chi connectivity index (χ1) is 10.1. The molecule has 1 aliphatic rings. The van der Waals surface area contributed by atoms with Crippen LogP contribution in [0.3, 0.4) is 0 Å². The van der Waals surface area contributed by atoms with E-state index in [0.717, 1.165) is 17.7 Å². The van der Waals surface area contributed by atoms with E-state index in [9.17, 15) is 9.59 Å². The summed E-state index contributed by atoms with van der Waals surface area (Å²) in [5.41, 5.74) is 0.922. The van der Waals surface area contributed by atoms with Gasteiger partial charge in [0, 0.05) is 12.6 Å². The molecule has 2 unspecified atom stereocenters. The van der Waals surface area contributed by atoms with Gasteiger partial charge in [0.25, 0.3) is 0 Å². The van der Waals surface area contributed by atoms with Gasteiger partial charge in [-0.2, -0.15) is 0 Å².